The zero-order chi connectivity index (χ0) is 12.7. The molecule has 1 heterocycles. The summed E-state index contributed by atoms with van der Waals surface area (Å²) in [5, 5.41) is 3.00. The molecule has 3 rings (SSSR count). The number of benzene rings is 1. The topological polar surface area (TPSA) is 29.1 Å². The Bertz CT molecular complexity index is 485. The van der Waals surface area contributed by atoms with Crippen LogP contribution < -0.4 is 5.32 Å². The second kappa shape index (κ2) is 4.58. The van der Waals surface area contributed by atoms with E-state index in [0.29, 0.717) is 5.92 Å². The van der Waals surface area contributed by atoms with Gasteiger partial charge < -0.3 is 5.32 Å². The summed E-state index contributed by atoms with van der Waals surface area (Å²) in [6.45, 7) is 3.00. The minimum Gasteiger partial charge on any atom is -0.352 e. The number of hydrogen-bond acceptors (Lipinski definition) is 1. The van der Waals surface area contributed by atoms with Crippen LogP contribution in [0.15, 0.2) is 18.2 Å². The summed E-state index contributed by atoms with van der Waals surface area (Å²) >= 11 is 6.50. The molecule has 3 unspecified atom stereocenters. The van der Waals surface area contributed by atoms with E-state index < -0.39 is 0 Å². The molecule has 0 radical (unpaired) electrons. The van der Waals surface area contributed by atoms with E-state index in [0.717, 1.165) is 42.0 Å². The Balaban J connectivity index is 1.91. The summed E-state index contributed by atoms with van der Waals surface area (Å²) < 4.78 is 0. The van der Waals surface area contributed by atoms with Gasteiger partial charge in [-0.25, -0.2) is 0 Å². The molecule has 1 amide bonds. The van der Waals surface area contributed by atoms with Crippen LogP contribution in [-0.4, -0.2) is 12.5 Å². The molecule has 3 atom stereocenters. The SMILES string of the molecule is CC1CC1C(Cl)c1ccc2c(c1)C(=O)NCCC2. The van der Waals surface area contributed by atoms with Crippen molar-refractivity contribution in [1.82, 2.24) is 5.32 Å². The van der Waals surface area contributed by atoms with E-state index in [9.17, 15) is 4.79 Å². The Morgan fingerprint density at radius 1 is 1.44 bits per heavy atom. The molecule has 0 bridgehead atoms. The normalized spacial score (nSPS) is 28.0. The molecular weight excluding hydrogens is 246 g/mol. The van der Waals surface area contributed by atoms with Gasteiger partial charge in [-0.15, -0.1) is 11.6 Å². The lowest BCUT2D eigenvalue weighted by atomic mass is 9.98. The summed E-state index contributed by atoms with van der Waals surface area (Å²) in [5.41, 5.74) is 3.08. The molecule has 1 aromatic carbocycles. The third-order valence-electron chi connectivity index (χ3n) is 4.15. The summed E-state index contributed by atoms with van der Waals surface area (Å²) in [5.74, 6) is 1.36. The molecule has 0 aromatic heterocycles. The highest BCUT2D eigenvalue weighted by atomic mass is 35.5. The summed E-state index contributed by atoms with van der Waals surface area (Å²) in [6.07, 6.45) is 3.20. The van der Waals surface area contributed by atoms with Crippen LogP contribution in [0.3, 0.4) is 0 Å². The van der Waals surface area contributed by atoms with Gasteiger partial charge in [0.05, 0.1) is 5.38 Å². The first-order valence-corrected chi connectivity index (χ1v) is 7.15. The Morgan fingerprint density at radius 2 is 2.22 bits per heavy atom. The number of carbonyl (C=O) groups is 1. The van der Waals surface area contributed by atoms with Crippen molar-refractivity contribution < 1.29 is 4.79 Å². The molecule has 2 aliphatic rings. The molecule has 0 spiro atoms. The van der Waals surface area contributed by atoms with Crippen LogP contribution >= 0.6 is 11.6 Å². The third-order valence-corrected chi connectivity index (χ3v) is 4.73. The lowest BCUT2D eigenvalue weighted by Crippen LogP contribution is -2.22. The van der Waals surface area contributed by atoms with Gasteiger partial charge in [-0.05, 0) is 48.3 Å². The van der Waals surface area contributed by atoms with Crippen molar-refractivity contribution in [2.45, 2.75) is 31.6 Å². The molecular formula is C15H18ClNO. The minimum absolute atomic E-state index is 0.0528. The first-order chi connectivity index (χ1) is 8.66. The smallest absolute Gasteiger partial charge is 0.251 e. The van der Waals surface area contributed by atoms with E-state index >= 15 is 0 Å². The van der Waals surface area contributed by atoms with E-state index in [-0.39, 0.29) is 11.3 Å². The average Bonchev–Trinajstić information content (AvgIpc) is 3.12. The Hall–Kier alpha value is -1.02. The maximum absolute atomic E-state index is 12.0. The van der Waals surface area contributed by atoms with Crippen LogP contribution in [0.25, 0.3) is 0 Å². The second-order valence-corrected chi connectivity index (χ2v) is 6.02. The summed E-state index contributed by atoms with van der Waals surface area (Å²) in [6, 6.07) is 6.18. The van der Waals surface area contributed by atoms with Gasteiger partial charge in [-0.2, -0.15) is 0 Å². The van der Waals surface area contributed by atoms with Gasteiger partial charge in [0, 0.05) is 12.1 Å². The first kappa shape index (κ1) is 12.0. The van der Waals surface area contributed by atoms with Crippen LogP contribution in [0.5, 0.6) is 0 Å². The molecule has 1 saturated carbocycles. The Labute approximate surface area is 113 Å². The summed E-state index contributed by atoms with van der Waals surface area (Å²) in [4.78, 5) is 12.0. The molecule has 1 aliphatic heterocycles. The van der Waals surface area contributed by atoms with E-state index in [1.165, 1.54) is 6.42 Å². The van der Waals surface area contributed by atoms with Crippen molar-refractivity contribution in [1.29, 1.82) is 0 Å². The van der Waals surface area contributed by atoms with Gasteiger partial charge in [-0.3, -0.25) is 4.79 Å². The zero-order valence-corrected chi connectivity index (χ0v) is 11.3. The van der Waals surface area contributed by atoms with Crippen molar-refractivity contribution in [2.24, 2.45) is 11.8 Å². The Kier molecular flexibility index (Phi) is 3.06. The van der Waals surface area contributed by atoms with Gasteiger partial charge in [0.2, 0.25) is 0 Å². The number of hydrogen-bond donors (Lipinski definition) is 1. The first-order valence-electron chi connectivity index (χ1n) is 6.72. The molecule has 1 fully saturated rings. The van der Waals surface area contributed by atoms with Crippen LogP contribution in [0.2, 0.25) is 0 Å². The maximum Gasteiger partial charge on any atom is 0.251 e. The average molecular weight is 264 g/mol. The number of rotatable bonds is 2. The van der Waals surface area contributed by atoms with Gasteiger partial charge in [0.15, 0.2) is 0 Å². The quantitative estimate of drug-likeness (QED) is 0.815. The molecule has 18 heavy (non-hydrogen) atoms. The fraction of sp³-hybridized carbons (Fsp3) is 0.533. The standard InChI is InChI=1S/C15H18ClNO/c1-9-7-12(9)14(16)11-5-4-10-3-2-6-17-15(18)13(10)8-11/h4-5,8-9,12,14H,2-3,6-7H2,1H3,(H,17,18). The van der Waals surface area contributed by atoms with E-state index in [1.807, 2.05) is 6.07 Å². The fourth-order valence-corrected chi connectivity index (χ4v) is 3.26. The number of amides is 1. The number of aryl methyl sites for hydroxylation is 1. The molecule has 1 aromatic rings. The highest BCUT2D eigenvalue weighted by molar-refractivity contribution is 6.21. The van der Waals surface area contributed by atoms with Crippen LogP contribution in [0.4, 0.5) is 0 Å². The van der Waals surface area contributed by atoms with Crippen LogP contribution in [-0.2, 0) is 6.42 Å². The zero-order valence-electron chi connectivity index (χ0n) is 10.6. The lowest BCUT2D eigenvalue weighted by molar-refractivity contribution is 0.0956. The highest BCUT2D eigenvalue weighted by Crippen LogP contribution is 2.50. The van der Waals surface area contributed by atoms with Crippen molar-refractivity contribution in [2.75, 3.05) is 6.54 Å². The number of halogens is 1. The molecule has 0 saturated heterocycles. The van der Waals surface area contributed by atoms with Gasteiger partial charge in [0.1, 0.15) is 0 Å². The highest BCUT2D eigenvalue weighted by Gasteiger charge is 2.39. The monoisotopic (exact) mass is 263 g/mol. The van der Waals surface area contributed by atoms with Gasteiger partial charge >= 0.3 is 0 Å². The molecule has 2 nitrogen and oxygen atoms in total. The molecule has 96 valence electrons. The predicted molar refractivity (Wildman–Crippen MR) is 73.0 cm³/mol. The van der Waals surface area contributed by atoms with Crippen molar-refractivity contribution in [3.63, 3.8) is 0 Å². The van der Waals surface area contributed by atoms with Crippen molar-refractivity contribution in [3.8, 4) is 0 Å². The second-order valence-electron chi connectivity index (χ2n) is 5.55. The minimum atomic E-state index is 0.0528. The Morgan fingerprint density at radius 3 is 2.94 bits per heavy atom. The van der Waals surface area contributed by atoms with Gasteiger partial charge in [-0.1, -0.05) is 19.1 Å². The van der Waals surface area contributed by atoms with E-state index in [2.05, 4.69) is 24.4 Å². The maximum atomic E-state index is 12.0. The largest absolute Gasteiger partial charge is 0.352 e. The number of fused-ring (bicyclic) bond motifs is 1. The van der Waals surface area contributed by atoms with Crippen LogP contribution in [0.1, 0.15) is 46.6 Å². The predicted octanol–water partition coefficient (Wildman–Crippen LogP) is 3.30. The lowest BCUT2D eigenvalue weighted by Gasteiger charge is -2.12. The van der Waals surface area contributed by atoms with Crippen LogP contribution in [0, 0.1) is 11.8 Å². The number of carbonyl (C=O) groups excluding carboxylic acids is 1. The van der Waals surface area contributed by atoms with Gasteiger partial charge in [0.25, 0.3) is 5.91 Å². The fourth-order valence-electron chi connectivity index (χ4n) is 2.78. The van der Waals surface area contributed by atoms with E-state index in [1.54, 1.807) is 0 Å². The van der Waals surface area contributed by atoms with Crippen molar-refractivity contribution in [3.05, 3.63) is 34.9 Å². The van der Waals surface area contributed by atoms with E-state index in [4.69, 9.17) is 11.6 Å². The number of nitrogens with one attached hydrogen (secondary N) is 1. The third kappa shape index (κ3) is 2.14. The summed E-state index contributed by atoms with van der Waals surface area (Å²) in [7, 11) is 0. The molecule has 1 N–H and O–H groups in total. The number of alkyl halides is 1. The van der Waals surface area contributed by atoms with Crippen molar-refractivity contribution >= 4 is 17.5 Å². The molecule has 3 heteroatoms. The molecule has 1 aliphatic carbocycles.